The van der Waals surface area contributed by atoms with Crippen LogP contribution in [0.3, 0.4) is 0 Å². The summed E-state index contributed by atoms with van der Waals surface area (Å²) >= 11 is 0. The molecular formula is C37H73N2O7P. The Hall–Kier alpha value is -1.06. The number of nitrogens with one attached hydrogen (secondary N) is 1. The maximum atomic E-state index is 12.7. The van der Waals surface area contributed by atoms with Crippen LogP contribution < -0.4 is 11.1 Å². The van der Waals surface area contributed by atoms with Gasteiger partial charge in [-0.05, 0) is 44.9 Å². The van der Waals surface area contributed by atoms with Crippen molar-refractivity contribution in [3.8, 4) is 0 Å². The van der Waals surface area contributed by atoms with Crippen molar-refractivity contribution in [3.63, 3.8) is 0 Å². The molecule has 47 heavy (non-hydrogen) atoms. The lowest BCUT2D eigenvalue weighted by atomic mass is 10.0. The molecule has 0 saturated heterocycles. The number of rotatable bonds is 35. The first kappa shape index (κ1) is 45.9. The summed E-state index contributed by atoms with van der Waals surface area (Å²) in [6.07, 6.45) is 32.8. The molecule has 10 heteroatoms. The molecule has 9 nitrogen and oxygen atoms in total. The summed E-state index contributed by atoms with van der Waals surface area (Å²) < 4.78 is 21.9. The number of allylic oxidation sites excluding steroid dienone is 3. The van der Waals surface area contributed by atoms with Crippen LogP contribution in [0.15, 0.2) is 24.3 Å². The third-order valence-corrected chi connectivity index (χ3v) is 9.31. The second kappa shape index (κ2) is 33.4. The van der Waals surface area contributed by atoms with Crippen molar-refractivity contribution in [2.75, 3.05) is 19.8 Å². The topological polar surface area (TPSA) is 151 Å². The molecule has 0 heterocycles. The van der Waals surface area contributed by atoms with Crippen LogP contribution in [0.1, 0.15) is 168 Å². The summed E-state index contributed by atoms with van der Waals surface area (Å²) in [6, 6.07) is -0.980. The van der Waals surface area contributed by atoms with Gasteiger partial charge in [0, 0.05) is 6.54 Å². The molecule has 0 aliphatic carbocycles. The van der Waals surface area contributed by atoms with E-state index in [2.05, 4.69) is 31.3 Å². The zero-order chi connectivity index (χ0) is 34.9. The Kier molecular flexibility index (Phi) is 32.7. The quantitative estimate of drug-likeness (QED) is 0.0252. The fourth-order valence-corrected chi connectivity index (χ4v) is 6.16. The molecule has 4 atom stereocenters. The summed E-state index contributed by atoms with van der Waals surface area (Å²) in [5.74, 6) is -0.455. The van der Waals surface area contributed by atoms with Gasteiger partial charge in [-0.1, -0.05) is 141 Å². The first-order valence-corrected chi connectivity index (χ1v) is 20.5. The molecule has 278 valence electrons. The standard InChI is InChI=1S/C37H73N2O7P/c1-3-5-7-9-11-13-14-15-16-17-18-19-20-21-22-24-26-28-34(40)32-37(42)39-35(33-46-47(43,44)45-31-30-38)36(41)29-27-25-23-12-10-8-6-4-2/h17-18,27,29,34-36,40-41H,3-16,19-26,28,30-33,38H2,1-2H3,(H,39,42)(H,43,44)/b18-17-,29-27+. The summed E-state index contributed by atoms with van der Waals surface area (Å²) in [5.41, 5.74) is 5.33. The van der Waals surface area contributed by atoms with Gasteiger partial charge >= 0.3 is 7.82 Å². The Morgan fingerprint density at radius 1 is 0.723 bits per heavy atom. The summed E-state index contributed by atoms with van der Waals surface area (Å²) in [6.45, 7) is 3.90. The molecule has 0 fully saturated rings. The van der Waals surface area contributed by atoms with Gasteiger partial charge in [-0.2, -0.15) is 0 Å². The molecule has 1 amide bonds. The van der Waals surface area contributed by atoms with Crippen molar-refractivity contribution in [3.05, 3.63) is 24.3 Å². The van der Waals surface area contributed by atoms with Gasteiger partial charge in [0.05, 0.1) is 37.9 Å². The molecule has 0 spiro atoms. The van der Waals surface area contributed by atoms with Crippen LogP contribution in [-0.4, -0.2) is 59.0 Å². The van der Waals surface area contributed by atoms with E-state index in [0.717, 1.165) is 51.4 Å². The second-order valence-electron chi connectivity index (χ2n) is 13.0. The first-order valence-electron chi connectivity index (χ1n) is 19.0. The highest BCUT2D eigenvalue weighted by Gasteiger charge is 2.27. The van der Waals surface area contributed by atoms with Crippen LogP contribution in [0.5, 0.6) is 0 Å². The Morgan fingerprint density at radius 2 is 1.19 bits per heavy atom. The van der Waals surface area contributed by atoms with E-state index in [1.807, 2.05) is 6.08 Å². The van der Waals surface area contributed by atoms with Gasteiger partial charge in [0.25, 0.3) is 0 Å². The predicted molar refractivity (Wildman–Crippen MR) is 195 cm³/mol. The largest absolute Gasteiger partial charge is 0.472 e. The molecule has 0 aromatic carbocycles. The molecule has 0 bridgehead atoms. The van der Waals surface area contributed by atoms with E-state index in [4.69, 9.17) is 14.8 Å². The van der Waals surface area contributed by atoms with Gasteiger partial charge < -0.3 is 26.2 Å². The van der Waals surface area contributed by atoms with Gasteiger partial charge in [-0.3, -0.25) is 13.8 Å². The predicted octanol–water partition coefficient (Wildman–Crippen LogP) is 8.80. The fraction of sp³-hybridized carbons (Fsp3) is 0.865. The third kappa shape index (κ3) is 31.9. The number of phosphoric ester groups is 1. The second-order valence-corrected chi connectivity index (χ2v) is 14.4. The number of aliphatic hydroxyl groups excluding tert-OH is 2. The van der Waals surface area contributed by atoms with Crippen LogP contribution >= 0.6 is 7.82 Å². The van der Waals surface area contributed by atoms with Crippen molar-refractivity contribution >= 4 is 13.7 Å². The van der Waals surface area contributed by atoms with E-state index >= 15 is 0 Å². The van der Waals surface area contributed by atoms with Crippen LogP contribution in [0, 0.1) is 0 Å². The number of hydrogen-bond donors (Lipinski definition) is 5. The van der Waals surface area contributed by atoms with Gasteiger partial charge in [0.2, 0.25) is 5.91 Å². The van der Waals surface area contributed by atoms with E-state index in [1.165, 1.54) is 89.9 Å². The molecule has 0 aliphatic heterocycles. The van der Waals surface area contributed by atoms with Crippen molar-refractivity contribution in [1.29, 1.82) is 0 Å². The average Bonchev–Trinajstić information content (AvgIpc) is 3.04. The lowest BCUT2D eigenvalue weighted by molar-refractivity contribution is -0.124. The van der Waals surface area contributed by atoms with Gasteiger partial charge in [-0.15, -0.1) is 0 Å². The normalized spacial score (nSPS) is 15.3. The Bertz CT molecular complexity index is 812. The van der Waals surface area contributed by atoms with E-state index in [-0.39, 0.29) is 19.6 Å². The first-order chi connectivity index (χ1) is 22.8. The van der Waals surface area contributed by atoms with E-state index < -0.39 is 38.6 Å². The summed E-state index contributed by atoms with van der Waals surface area (Å²) in [7, 11) is -4.39. The zero-order valence-electron chi connectivity index (χ0n) is 30.1. The molecule has 6 N–H and O–H groups in total. The summed E-state index contributed by atoms with van der Waals surface area (Å²) in [5, 5.41) is 23.8. The van der Waals surface area contributed by atoms with Crippen LogP contribution in [0.2, 0.25) is 0 Å². The smallest absolute Gasteiger partial charge is 0.393 e. The number of unbranched alkanes of at least 4 members (excludes halogenated alkanes) is 19. The molecule has 0 rings (SSSR count). The highest BCUT2D eigenvalue weighted by atomic mass is 31.2. The van der Waals surface area contributed by atoms with Gasteiger partial charge in [0.15, 0.2) is 0 Å². The molecule has 0 radical (unpaired) electrons. The van der Waals surface area contributed by atoms with Crippen LogP contribution in [0.4, 0.5) is 0 Å². The number of carbonyl (C=O) groups is 1. The molecule has 0 saturated carbocycles. The van der Waals surface area contributed by atoms with Crippen molar-refractivity contribution < 1.29 is 33.5 Å². The maximum Gasteiger partial charge on any atom is 0.472 e. The summed E-state index contributed by atoms with van der Waals surface area (Å²) in [4.78, 5) is 22.6. The lowest BCUT2D eigenvalue weighted by Crippen LogP contribution is -2.46. The molecule has 0 aromatic heterocycles. The minimum atomic E-state index is -4.39. The van der Waals surface area contributed by atoms with Crippen molar-refractivity contribution in [2.45, 2.75) is 186 Å². The van der Waals surface area contributed by atoms with Gasteiger partial charge in [0.1, 0.15) is 0 Å². The number of amides is 1. The highest BCUT2D eigenvalue weighted by Crippen LogP contribution is 2.43. The molecular weight excluding hydrogens is 615 g/mol. The molecule has 4 unspecified atom stereocenters. The van der Waals surface area contributed by atoms with Gasteiger partial charge in [-0.25, -0.2) is 4.57 Å². The number of phosphoric acid groups is 1. The minimum absolute atomic E-state index is 0.0482. The molecule has 0 aliphatic rings. The number of aliphatic hydroxyl groups is 2. The van der Waals surface area contributed by atoms with E-state index in [9.17, 15) is 24.5 Å². The Morgan fingerprint density at radius 3 is 1.70 bits per heavy atom. The monoisotopic (exact) mass is 689 g/mol. The maximum absolute atomic E-state index is 12.7. The van der Waals surface area contributed by atoms with Crippen LogP contribution in [0.25, 0.3) is 0 Å². The van der Waals surface area contributed by atoms with Crippen molar-refractivity contribution in [2.24, 2.45) is 5.73 Å². The minimum Gasteiger partial charge on any atom is -0.393 e. The van der Waals surface area contributed by atoms with E-state index in [0.29, 0.717) is 6.42 Å². The number of nitrogens with two attached hydrogens (primary N) is 1. The average molecular weight is 689 g/mol. The lowest BCUT2D eigenvalue weighted by Gasteiger charge is -2.24. The molecule has 0 aromatic rings. The highest BCUT2D eigenvalue weighted by molar-refractivity contribution is 7.47. The number of carbonyl (C=O) groups excluding carboxylic acids is 1. The van der Waals surface area contributed by atoms with Crippen LogP contribution in [-0.2, 0) is 18.4 Å². The van der Waals surface area contributed by atoms with Crippen molar-refractivity contribution in [1.82, 2.24) is 5.32 Å². The Labute approximate surface area is 288 Å². The Balaban J connectivity index is 4.30. The number of hydrogen-bond acceptors (Lipinski definition) is 7. The third-order valence-electron chi connectivity index (χ3n) is 8.33. The SMILES string of the molecule is CCCCCCCC/C=C/C(O)C(COP(=O)(O)OCCN)NC(=O)CC(O)CCCCCCC/C=C\CCCCCCCCCC. The fourth-order valence-electron chi connectivity index (χ4n) is 5.40. The van der Waals surface area contributed by atoms with E-state index in [1.54, 1.807) is 6.08 Å². The zero-order valence-corrected chi connectivity index (χ0v) is 31.0.